The molecule has 128 valence electrons. The molecule has 0 saturated heterocycles. The number of hydrogen-bond donors (Lipinski definition) is 2. The van der Waals surface area contributed by atoms with Gasteiger partial charge >= 0.3 is 6.03 Å². The molecule has 0 saturated carbocycles. The maximum atomic E-state index is 12.8. The summed E-state index contributed by atoms with van der Waals surface area (Å²) in [6, 6.07) is 12.7. The van der Waals surface area contributed by atoms with Crippen LogP contribution < -0.4 is 15.4 Å². The van der Waals surface area contributed by atoms with Gasteiger partial charge in [-0.25, -0.2) is 9.18 Å². The summed E-state index contributed by atoms with van der Waals surface area (Å²) in [4.78, 5) is 11.9. The standard InChI is InChI=1S/C17H15FN4O2S/c1-11-2-8-14(9-3-11)24-10-15-21-22-17(25-15)20-16(23)19-13-6-4-12(18)5-7-13/h2-9H,10H2,1H3,(H2,19,20,22,23). The number of aromatic nitrogens is 2. The van der Waals surface area contributed by atoms with Crippen molar-refractivity contribution in [3.63, 3.8) is 0 Å². The van der Waals surface area contributed by atoms with E-state index in [1.807, 2.05) is 31.2 Å². The lowest BCUT2D eigenvalue weighted by atomic mass is 10.2. The molecular weight excluding hydrogens is 343 g/mol. The van der Waals surface area contributed by atoms with Gasteiger partial charge in [0.25, 0.3) is 0 Å². The van der Waals surface area contributed by atoms with Crippen molar-refractivity contribution < 1.29 is 13.9 Å². The summed E-state index contributed by atoms with van der Waals surface area (Å²) in [5.74, 6) is 0.373. The molecule has 0 atom stereocenters. The fraction of sp³-hybridized carbons (Fsp3) is 0.118. The summed E-state index contributed by atoms with van der Waals surface area (Å²) in [7, 11) is 0. The van der Waals surface area contributed by atoms with Gasteiger partial charge < -0.3 is 10.1 Å². The third kappa shape index (κ3) is 4.98. The zero-order chi connectivity index (χ0) is 17.6. The maximum Gasteiger partial charge on any atom is 0.325 e. The van der Waals surface area contributed by atoms with Crippen LogP contribution in [0, 0.1) is 12.7 Å². The number of nitrogens with one attached hydrogen (secondary N) is 2. The van der Waals surface area contributed by atoms with Crippen LogP contribution in [0.3, 0.4) is 0 Å². The van der Waals surface area contributed by atoms with Crippen molar-refractivity contribution in [3.8, 4) is 5.75 Å². The average Bonchev–Trinajstić information content (AvgIpc) is 3.04. The number of carbonyl (C=O) groups is 1. The van der Waals surface area contributed by atoms with Crippen LogP contribution in [0.4, 0.5) is 20.0 Å². The van der Waals surface area contributed by atoms with Crippen molar-refractivity contribution in [3.05, 3.63) is 64.9 Å². The molecule has 2 aromatic carbocycles. The van der Waals surface area contributed by atoms with E-state index in [1.165, 1.54) is 35.6 Å². The van der Waals surface area contributed by atoms with Gasteiger partial charge in [-0.15, -0.1) is 10.2 Å². The lowest BCUT2D eigenvalue weighted by Gasteiger charge is -2.04. The van der Waals surface area contributed by atoms with Gasteiger partial charge in [0, 0.05) is 5.69 Å². The van der Waals surface area contributed by atoms with E-state index < -0.39 is 6.03 Å². The normalized spacial score (nSPS) is 10.3. The molecule has 6 nitrogen and oxygen atoms in total. The summed E-state index contributed by atoms with van der Waals surface area (Å²) in [6.45, 7) is 2.27. The number of carbonyl (C=O) groups excluding carboxylic acids is 1. The van der Waals surface area contributed by atoms with Crippen LogP contribution in [0.2, 0.25) is 0 Å². The number of halogens is 1. The number of nitrogens with zero attached hydrogens (tertiary/aromatic N) is 2. The number of rotatable bonds is 5. The minimum Gasteiger partial charge on any atom is -0.486 e. The number of anilines is 2. The Morgan fingerprint density at radius 3 is 2.52 bits per heavy atom. The first kappa shape index (κ1) is 16.8. The molecule has 0 spiro atoms. The average molecular weight is 358 g/mol. The monoisotopic (exact) mass is 358 g/mol. The minimum absolute atomic E-state index is 0.266. The Labute approximate surface area is 147 Å². The minimum atomic E-state index is -0.478. The molecule has 0 bridgehead atoms. The third-order valence-corrected chi connectivity index (χ3v) is 3.98. The van der Waals surface area contributed by atoms with E-state index in [-0.39, 0.29) is 12.4 Å². The van der Waals surface area contributed by atoms with Gasteiger partial charge in [-0.1, -0.05) is 29.0 Å². The molecule has 0 unspecified atom stereocenters. The number of ether oxygens (including phenoxy) is 1. The Morgan fingerprint density at radius 2 is 1.80 bits per heavy atom. The second kappa shape index (κ2) is 7.71. The SMILES string of the molecule is Cc1ccc(OCc2nnc(NC(=O)Nc3ccc(F)cc3)s2)cc1. The van der Waals surface area contributed by atoms with Crippen LogP contribution in [-0.2, 0) is 6.61 Å². The highest BCUT2D eigenvalue weighted by Gasteiger charge is 2.09. The highest BCUT2D eigenvalue weighted by molar-refractivity contribution is 7.15. The lowest BCUT2D eigenvalue weighted by Crippen LogP contribution is -2.19. The van der Waals surface area contributed by atoms with Gasteiger partial charge in [0.1, 0.15) is 18.2 Å². The maximum absolute atomic E-state index is 12.8. The summed E-state index contributed by atoms with van der Waals surface area (Å²) < 4.78 is 18.4. The van der Waals surface area contributed by atoms with Crippen LogP contribution in [0.5, 0.6) is 5.75 Å². The topological polar surface area (TPSA) is 76.1 Å². The van der Waals surface area contributed by atoms with E-state index in [9.17, 15) is 9.18 Å². The lowest BCUT2D eigenvalue weighted by molar-refractivity contribution is 0.262. The first-order chi connectivity index (χ1) is 12.1. The van der Waals surface area contributed by atoms with Crippen LogP contribution in [0.25, 0.3) is 0 Å². The Kier molecular flexibility index (Phi) is 5.20. The summed E-state index contributed by atoms with van der Waals surface area (Å²) in [6.07, 6.45) is 0. The molecule has 2 amide bonds. The molecule has 25 heavy (non-hydrogen) atoms. The fourth-order valence-corrected chi connectivity index (χ4v) is 2.58. The second-order valence-electron chi connectivity index (χ2n) is 5.19. The summed E-state index contributed by atoms with van der Waals surface area (Å²) >= 11 is 1.22. The Hall–Kier alpha value is -3.00. The predicted octanol–water partition coefficient (Wildman–Crippen LogP) is 4.21. The number of amides is 2. The highest BCUT2D eigenvalue weighted by Crippen LogP contribution is 2.19. The Morgan fingerprint density at radius 1 is 1.08 bits per heavy atom. The van der Waals surface area contributed by atoms with Crippen LogP contribution in [0.1, 0.15) is 10.6 Å². The van der Waals surface area contributed by atoms with Gasteiger partial charge in [-0.3, -0.25) is 5.32 Å². The van der Waals surface area contributed by atoms with E-state index in [0.29, 0.717) is 15.8 Å². The summed E-state index contributed by atoms with van der Waals surface area (Å²) in [5, 5.41) is 14.0. The molecule has 3 rings (SSSR count). The van der Waals surface area contributed by atoms with Gasteiger partial charge in [0.15, 0.2) is 5.01 Å². The molecule has 0 aliphatic rings. The largest absolute Gasteiger partial charge is 0.486 e. The highest BCUT2D eigenvalue weighted by atomic mass is 32.1. The van der Waals surface area contributed by atoms with Gasteiger partial charge in [-0.2, -0.15) is 0 Å². The Balaban J connectivity index is 1.51. The zero-order valence-corrected chi connectivity index (χ0v) is 14.1. The van der Waals surface area contributed by atoms with Crippen molar-refractivity contribution in [1.82, 2.24) is 10.2 Å². The van der Waals surface area contributed by atoms with E-state index >= 15 is 0 Å². The van der Waals surface area contributed by atoms with Gasteiger partial charge in [0.2, 0.25) is 5.13 Å². The zero-order valence-electron chi connectivity index (χ0n) is 13.3. The number of benzene rings is 2. The molecule has 0 aliphatic carbocycles. The molecule has 1 heterocycles. The van der Waals surface area contributed by atoms with Crippen LogP contribution >= 0.6 is 11.3 Å². The molecule has 3 aromatic rings. The number of aryl methyl sites for hydroxylation is 1. The molecule has 2 N–H and O–H groups in total. The molecule has 0 aliphatic heterocycles. The predicted molar refractivity (Wildman–Crippen MR) is 94.5 cm³/mol. The van der Waals surface area contributed by atoms with Crippen molar-refractivity contribution >= 4 is 28.2 Å². The smallest absolute Gasteiger partial charge is 0.325 e. The fourth-order valence-electron chi connectivity index (χ4n) is 1.93. The van der Waals surface area contributed by atoms with Crippen molar-refractivity contribution in [1.29, 1.82) is 0 Å². The second-order valence-corrected chi connectivity index (χ2v) is 6.25. The number of hydrogen-bond acceptors (Lipinski definition) is 5. The third-order valence-electron chi connectivity index (χ3n) is 3.17. The molecule has 0 radical (unpaired) electrons. The van der Waals surface area contributed by atoms with E-state index in [0.717, 1.165) is 11.3 Å². The van der Waals surface area contributed by atoms with Crippen molar-refractivity contribution in [2.45, 2.75) is 13.5 Å². The molecule has 0 fully saturated rings. The van der Waals surface area contributed by atoms with Crippen molar-refractivity contribution in [2.24, 2.45) is 0 Å². The van der Waals surface area contributed by atoms with E-state index in [4.69, 9.17) is 4.74 Å². The first-order valence-electron chi connectivity index (χ1n) is 7.44. The quantitative estimate of drug-likeness (QED) is 0.716. The first-order valence-corrected chi connectivity index (χ1v) is 8.25. The molecular formula is C17H15FN4O2S. The van der Waals surface area contributed by atoms with Gasteiger partial charge in [-0.05, 0) is 43.3 Å². The number of urea groups is 1. The Bertz CT molecular complexity index is 850. The van der Waals surface area contributed by atoms with Gasteiger partial charge in [0.05, 0.1) is 0 Å². The molecule has 8 heteroatoms. The van der Waals surface area contributed by atoms with Crippen LogP contribution in [-0.4, -0.2) is 16.2 Å². The van der Waals surface area contributed by atoms with Crippen LogP contribution in [0.15, 0.2) is 48.5 Å². The van der Waals surface area contributed by atoms with E-state index in [1.54, 1.807) is 0 Å². The molecule has 1 aromatic heterocycles. The van der Waals surface area contributed by atoms with E-state index in [2.05, 4.69) is 20.8 Å². The summed E-state index contributed by atoms with van der Waals surface area (Å²) in [5.41, 5.74) is 1.63. The van der Waals surface area contributed by atoms with Crippen molar-refractivity contribution in [2.75, 3.05) is 10.6 Å².